The highest BCUT2D eigenvalue weighted by Gasteiger charge is 2.26. The zero-order valence-electron chi connectivity index (χ0n) is 11.9. The highest BCUT2D eigenvalue weighted by atomic mass is 19.1. The van der Waals surface area contributed by atoms with Crippen LogP contribution in [-0.4, -0.2) is 43.2 Å². The molecule has 1 aliphatic heterocycles. The van der Waals surface area contributed by atoms with Crippen LogP contribution in [0.3, 0.4) is 0 Å². The van der Waals surface area contributed by atoms with Crippen molar-refractivity contribution >= 4 is 11.6 Å². The SMILES string of the molecule is COC1CCN(C(C)C(=O)Nc2ccccc2F)CC1. The Morgan fingerprint density at radius 3 is 2.65 bits per heavy atom. The summed E-state index contributed by atoms with van der Waals surface area (Å²) in [5, 5.41) is 2.65. The lowest BCUT2D eigenvalue weighted by Gasteiger charge is -2.34. The smallest absolute Gasteiger partial charge is 0.241 e. The summed E-state index contributed by atoms with van der Waals surface area (Å²) in [6, 6.07) is 5.94. The fourth-order valence-corrected chi connectivity index (χ4v) is 2.46. The van der Waals surface area contributed by atoms with Crippen LogP contribution in [0.1, 0.15) is 19.8 Å². The first-order chi connectivity index (χ1) is 9.61. The van der Waals surface area contributed by atoms with Crippen molar-refractivity contribution in [1.82, 2.24) is 4.90 Å². The number of piperidine rings is 1. The van der Waals surface area contributed by atoms with Crippen LogP contribution in [0.4, 0.5) is 10.1 Å². The first kappa shape index (κ1) is 14.9. The van der Waals surface area contributed by atoms with Crippen molar-refractivity contribution < 1.29 is 13.9 Å². The second-order valence-corrected chi connectivity index (χ2v) is 5.12. The predicted octanol–water partition coefficient (Wildman–Crippen LogP) is 2.26. The number of anilines is 1. The number of benzene rings is 1. The molecule has 1 saturated heterocycles. The molecule has 0 radical (unpaired) electrons. The van der Waals surface area contributed by atoms with E-state index in [1.807, 2.05) is 6.92 Å². The molecular weight excluding hydrogens is 259 g/mol. The van der Waals surface area contributed by atoms with Crippen LogP contribution in [0.5, 0.6) is 0 Å². The quantitative estimate of drug-likeness (QED) is 0.920. The normalized spacial score (nSPS) is 18.8. The number of halogens is 1. The Kier molecular flexibility index (Phi) is 5.09. The minimum Gasteiger partial charge on any atom is -0.381 e. The molecule has 1 N–H and O–H groups in total. The standard InChI is InChI=1S/C15H21FN2O2/c1-11(18-9-7-12(20-2)8-10-18)15(19)17-14-6-4-3-5-13(14)16/h3-6,11-12H,7-10H2,1-2H3,(H,17,19). The Balaban J connectivity index is 1.91. The summed E-state index contributed by atoms with van der Waals surface area (Å²) in [6.07, 6.45) is 2.13. The van der Waals surface area contributed by atoms with Gasteiger partial charge in [0.15, 0.2) is 0 Å². The van der Waals surface area contributed by atoms with E-state index in [-0.39, 0.29) is 23.7 Å². The Hall–Kier alpha value is -1.46. The lowest BCUT2D eigenvalue weighted by atomic mass is 10.1. The molecule has 1 aromatic rings. The minimum absolute atomic E-state index is 0.175. The van der Waals surface area contributed by atoms with Gasteiger partial charge in [-0.2, -0.15) is 0 Å². The summed E-state index contributed by atoms with van der Waals surface area (Å²) < 4.78 is 18.8. The summed E-state index contributed by atoms with van der Waals surface area (Å²) in [7, 11) is 1.72. The van der Waals surface area contributed by atoms with E-state index in [2.05, 4.69) is 10.2 Å². The van der Waals surface area contributed by atoms with Crippen molar-refractivity contribution in [3.05, 3.63) is 30.1 Å². The van der Waals surface area contributed by atoms with E-state index in [0.717, 1.165) is 25.9 Å². The van der Waals surface area contributed by atoms with Crippen LogP contribution in [0, 0.1) is 5.82 Å². The number of carbonyl (C=O) groups is 1. The van der Waals surface area contributed by atoms with Crippen LogP contribution in [-0.2, 0) is 9.53 Å². The van der Waals surface area contributed by atoms with Gasteiger partial charge in [0.2, 0.25) is 5.91 Å². The molecule has 110 valence electrons. The molecule has 0 spiro atoms. The van der Waals surface area contributed by atoms with Crippen molar-refractivity contribution in [3.63, 3.8) is 0 Å². The molecule has 1 aromatic carbocycles. The molecule has 0 aromatic heterocycles. The average molecular weight is 280 g/mol. The van der Waals surface area contributed by atoms with Gasteiger partial charge < -0.3 is 10.1 Å². The third-order valence-corrected chi connectivity index (χ3v) is 3.87. The van der Waals surface area contributed by atoms with Gasteiger partial charge >= 0.3 is 0 Å². The summed E-state index contributed by atoms with van der Waals surface area (Å²) in [6.45, 7) is 3.50. The van der Waals surface area contributed by atoms with Gasteiger partial charge in [0.05, 0.1) is 17.8 Å². The van der Waals surface area contributed by atoms with Gasteiger partial charge in [-0.05, 0) is 31.9 Å². The number of ether oxygens (including phenoxy) is 1. The fourth-order valence-electron chi connectivity index (χ4n) is 2.46. The van der Waals surface area contributed by atoms with Crippen molar-refractivity contribution in [1.29, 1.82) is 0 Å². The molecule has 1 amide bonds. The van der Waals surface area contributed by atoms with Crippen molar-refractivity contribution in [2.75, 3.05) is 25.5 Å². The zero-order valence-corrected chi connectivity index (χ0v) is 11.9. The Bertz CT molecular complexity index is 459. The largest absolute Gasteiger partial charge is 0.381 e. The molecule has 1 aliphatic rings. The van der Waals surface area contributed by atoms with Crippen LogP contribution in [0.25, 0.3) is 0 Å². The Labute approximate surface area is 118 Å². The fraction of sp³-hybridized carbons (Fsp3) is 0.533. The molecule has 1 unspecified atom stereocenters. The molecule has 4 nitrogen and oxygen atoms in total. The van der Waals surface area contributed by atoms with Crippen LogP contribution in [0.15, 0.2) is 24.3 Å². The van der Waals surface area contributed by atoms with Gasteiger partial charge in [0.25, 0.3) is 0 Å². The molecule has 5 heteroatoms. The third-order valence-electron chi connectivity index (χ3n) is 3.87. The van der Waals surface area contributed by atoms with E-state index in [0.29, 0.717) is 0 Å². The lowest BCUT2D eigenvalue weighted by Crippen LogP contribution is -2.47. The van der Waals surface area contributed by atoms with Crippen LogP contribution < -0.4 is 5.32 Å². The zero-order chi connectivity index (χ0) is 14.5. The van der Waals surface area contributed by atoms with E-state index in [9.17, 15) is 9.18 Å². The number of para-hydroxylation sites is 1. The van der Waals surface area contributed by atoms with Gasteiger partial charge in [0.1, 0.15) is 5.82 Å². The Morgan fingerprint density at radius 2 is 2.05 bits per heavy atom. The highest BCUT2D eigenvalue weighted by molar-refractivity contribution is 5.94. The molecule has 0 aliphatic carbocycles. The number of nitrogens with one attached hydrogen (secondary N) is 1. The molecule has 1 atom stereocenters. The monoisotopic (exact) mass is 280 g/mol. The summed E-state index contributed by atoms with van der Waals surface area (Å²) in [5.41, 5.74) is 0.233. The minimum atomic E-state index is -0.411. The average Bonchev–Trinajstić information content (AvgIpc) is 2.49. The van der Waals surface area contributed by atoms with E-state index in [4.69, 9.17) is 4.74 Å². The van der Waals surface area contributed by atoms with Gasteiger partial charge in [-0.15, -0.1) is 0 Å². The van der Waals surface area contributed by atoms with Gasteiger partial charge in [-0.1, -0.05) is 12.1 Å². The van der Waals surface area contributed by atoms with E-state index in [1.54, 1.807) is 25.3 Å². The van der Waals surface area contributed by atoms with Gasteiger partial charge in [-0.3, -0.25) is 9.69 Å². The molecule has 2 rings (SSSR count). The number of likely N-dealkylation sites (tertiary alicyclic amines) is 1. The first-order valence-electron chi connectivity index (χ1n) is 6.94. The van der Waals surface area contributed by atoms with Crippen molar-refractivity contribution in [3.8, 4) is 0 Å². The van der Waals surface area contributed by atoms with E-state index >= 15 is 0 Å². The number of hydrogen-bond donors (Lipinski definition) is 1. The maximum Gasteiger partial charge on any atom is 0.241 e. The number of methoxy groups -OCH3 is 1. The summed E-state index contributed by atoms with van der Waals surface area (Å²) in [4.78, 5) is 14.3. The molecule has 1 fully saturated rings. The van der Waals surface area contributed by atoms with Crippen molar-refractivity contribution in [2.24, 2.45) is 0 Å². The van der Waals surface area contributed by atoms with Gasteiger partial charge in [-0.25, -0.2) is 4.39 Å². The molecular formula is C15H21FN2O2. The second-order valence-electron chi connectivity index (χ2n) is 5.12. The van der Waals surface area contributed by atoms with Crippen LogP contribution in [0.2, 0.25) is 0 Å². The summed E-state index contributed by atoms with van der Waals surface area (Å²) in [5.74, 6) is -0.586. The first-order valence-corrected chi connectivity index (χ1v) is 6.94. The molecule has 0 bridgehead atoms. The predicted molar refractivity (Wildman–Crippen MR) is 76.1 cm³/mol. The second kappa shape index (κ2) is 6.81. The van der Waals surface area contributed by atoms with Crippen LogP contribution >= 0.6 is 0 Å². The van der Waals surface area contributed by atoms with E-state index in [1.165, 1.54) is 6.07 Å². The topological polar surface area (TPSA) is 41.6 Å². The van der Waals surface area contributed by atoms with Crippen molar-refractivity contribution in [2.45, 2.75) is 31.9 Å². The number of amides is 1. The van der Waals surface area contributed by atoms with E-state index < -0.39 is 5.82 Å². The number of rotatable bonds is 4. The summed E-state index contributed by atoms with van der Waals surface area (Å²) >= 11 is 0. The number of hydrogen-bond acceptors (Lipinski definition) is 3. The maximum atomic E-state index is 13.5. The highest BCUT2D eigenvalue weighted by Crippen LogP contribution is 2.17. The maximum absolute atomic E-state index is 13.5. The lowest BCUT2D eigenvalue weighted by molar-refractivity contribution is -0.121. The number of nitrogens with zero attached hydrogens (tertiary/aromatic N) is 1. The molecule has 20 heavy (non-hydrogen) atoms. The third kappa shape index (κ3) is 3.55. The molecule has 1 heterocycles. The van der Waals surface area contributed by atoms with Gasteiger partial charge in [0, 0.05) is 20.2 Å². The molecule has 0 saturated carbocycles. The Morgan fingerprint density at radius 1 is 1.40 bits per heavy atom. The number of carbonyl (C=O) groups excluding carboxylic acids is 1.